The highest BCUT2D eigenvalue weighted by Crippen LogP contribution is 2.18. The highest BCUT2D eigenvalue weighted by molar-refractivity contribution is 7.89. The molecule has 0 bridgehead atoms. The van der Waals surface area contributed by atoms with Crippen LogP contribution in [0.15, 0.2) is 29.2 Å². The van der Waals surface area contributed by atoms with Gasteiger partial charge < -0.3 is 4.90 Å². The van der Waals surface area contributed by atoms with E-state index in [0.717, 1.165) is 22.1 Å². The van der Waals surface area contributed by atoms with Crippen LogP contribution in [0.4, 0.5) is 0 Å². The molecule has 2 heterocycles. The predicted octanol–water partition coefficient (Wildman–Crippen LogP) is 1.18. The molecule has 0 unspecified atom stereocenters. The van der Waals surface area contributed by atoms with Crippen molar-refractivity contribution in [2.45, 2.75) is 18.5 Å². The Hall–Kier alpha value is -0.840. The van der Waals surface area contributed by atoms with E-state index in [2.05, 4.69) is 5.10 Å². The molecule has 3 rings (SSSR count). The van der Waals surface area contributed by atoms with Gasteiger partial charge in [-0.15, -0.1) is 0 Å². The molecule has 130 valence electrons. The molecule has 1 aromatic carbocycles. The number of quaternary nitrogens is 1. The second-order valence-corrected chi connectivity index (χ2v) is 9.85. The quantitative estimate of drug-likeness (QED) is 0.776. The van der Waals surface area contributed by atoms with Gasteiger partial charge in [0.1, 0.15) is 5.01 Å². The molecule has 2 aromatic rings. The third kappa shape index (κ3) is 3.87. The van der Waals surface area contributed by atoms with E-state index in [4.69, 9.17) is 23.8 Å². The molecule has 0 atom stereocenters. The first-order valence-corrected chi connectivity index (χ1v) is 10.5. The van der Waals surface area contributed by atoms with Crippen molar-refractivity contribution in [2.24, 2.45) is 0 Å². The summed E-state index contributed by atoms with van der Waals surface area (Å²) in [5.41, 5.74) is 0. The van der Waals surface area contributed by atoms with E-state index in [1.807, 2.05) is 11.6 Å². The summed E-state index contributed by atoms with van der Waals surface area (Å²) in [6, 6.07) is 6.30. The molecule has 10 heteroatoms. The number of hydrogen-bond donors (Lipinski definition) is 1. The number of nitrogens with one attached hydrogen (secondary N) is 1. The van der Waals surface area contributed by atoms with Crippen LogP contribution in [0.2, 0.25) is 5.02 Å². The highest BCUT2D eigenvalue weighted by atomic mass is 35.5. The highest BCUT2D eigenvalue weighted by Gasteiger charge is 2.30. The number of benzene rings is 1. The molecule has 1 saturated heterocycles. The van der Waals surface area contributed by atoms with Crippen molar-refractivity contribution in [3.8, 4) is 0 Å². The molecule has 0 radical (unpaired) electrons. The monoisotopic (exact) mass is 405 g/mol. The first-order valence-electron chi connectivity index (χ1n) is 7.50. The summed E-state index contributed by atoms with van der Waals surface area (Å²) in [5.74, 6) is 0. The zero-order valence-corrected chi connectivity index (χ0v) is 16.3. The number of hydrogen-bond acceptors (Lipinski definition) is 5. The lowest BCUT2D eigenvalue weighted by atomic mass is 10.4. The van der Waals surface area contributed by atoms with Crippen LogP contribution in [0.5, 0.6) is 0 Å². The minimum Gasteiger partial charge on any atom is -0.314 e. The van der Waals surface area contributed by atoms with Gasteiger partial charge >= 0.3 is 0 Å². The summed E-state index contributed by atoms with van der Waals surface area (Å²) >= 11 is 12.6. The van der Waals surface area contributed by atoms with Crippen LogP contribution in [-0.2, 0) is 16.7 Å². The number of aromatic nitrogens is 2. The van der Waals surface area contributed by atoms with E-state index >= 15 is 0 Å². The summed E-state index contributed by atoms with van der Waals surface area (Å²) < 4.78 is 29.4. The van der Waals surface area contributed by atoms with E-state index in [-0.39, 0.29) is 4.90 Å². The molecule has 24 heavy (non-hydrogen) atoms. The van der Waals surface area contributed by atoms with Crippen molar-refractivity contribution >= 4 is 45.2 Å². The molecule has 0 aliphatic carbocycles. The van der Waals surface area contributed by atoms with Gasteiger partial charge in [0.05, 0.1) is 31.1 Å². The number of nitrogens with zero attached hydrogens (tertiary/aromatic N) is 3. The smallest absolute Gasteiger partial charge is 0.243 e. The van der Waals surface area contributed by atoms with Crippen LogP contribution in [0.25, 0.3) is 0 Å². The number of halogens is 1. The second kappa shape index (κ2) is 7.19. The average Bonchev–Trinajstić information content (AvgIpc) is 2.86. The van der Waals surface area contributed by atoms with E-state index in [9.17, 15) is 8.42 Å². The largest absolute Gasteiger partial charge is 0.314 e. The van der Waals surface area contributed by atoms with Gasteiger partial charge in [0.25, 0.3) is 0 Å². The van der Waals surface area contributed by atoms with Crippen LogP contribution in [-0.4, -0.2) is 48.7 Å². The average molecular weight is 406 g/mol. The Balaban J connectivity index is 1.65. The molecule has 1 aromatic heterocycles. The molecule has 1 aliphatic rings. The van der Waals surface area contributed by atoms with Crippen LogP contribution < -0.4 is 4.90 Å². The fraction of sp³-hybridized carbons (Fsp3) is 0.429. The fourth-order valence-corrected chi connectivity index (χ4v) is 5.32. The lowest BCUT2D eigenvalue weighted by Gasteiger charge is -2.31. The summed E-state index contributed by atoms with van der Waals surface area (Å²) in [5, 5.41) is 5.87. The van der Waals surface area contributed by atoms with Crippen molar-refractivity contribution in [3.05, 3.63) is 38.3 Å². The number of rotatable bonds is 4. The second-order valence-electron chi connectivity index (χ2n) is 5.65. The van der Waals surface area contributed by atoms with Gasteiger partial charge in [-0.2, -0.15) is 14.1 Å². The van der Waals surface area contributed by atoms with Gasteiger partial charge in [-0.25, -0.2) is 8.42 Å². The fourth-order valence-electron chi connectivity index (χ4n) is 2.68. The molecule has 6 nitrogen and oxygen atoms in total. The third-order valence-electron chi connectivity index (χ3n) is 3.96. The number of sulfonamides is 1. The van der Waals surface area contributed by atoms with E-state index in [1.54, 1.807) is 24.3 Å². The maximum atomic E-state index is 12.7. The zero-order chi connectivity index (χ0) is 17.3. The van der Waals surface area contributed by atoms with Crippen molar-refractivity contribution in [1.82, 2.24) is 14.1 Å². The number of aryl methyl sites for hydroxylation is 1. The molecule has 0 spiro atoms. The van der Waals surface area contributed by atoms with Gasteiger partial charge in [0.2, 0.25) is 10.0 Å². The van der Waals surface area contributed by atoms with Gasteiger partial charge in [-0.05, 0) is 43.4 Å². The first-order chi connectivity index (χ1) is 11.4. The lowest BCUT2D eigenvalue weighted by Crippen LogP contribution is -3.14. The van der Waals surface area contributed by atoms with E-state index in [0.29, 0.717) is 24.8 Å². The molecule has 1 fully saturated rings. The molecular weight excluding hydrogens is 388 g/mol. The number of piperazine rings is 1. The Morgan fingerprint density at radius 1 is 1.29 bits per heavy atom. The molecule has 0 saturated carbocycles. The molecule has 1 N–H and O–H groups in total. The SMILES string of the molecule is Cc1nn(C[NH+]2CCN(S(=O)(=O)c3ccc(Cl)cc3)CC2)c(=S)s1. The van der Waals surface area contributed by atoms with E-state index in [1.165, 1.54) is 20.5 Å². The minimum absolute atomic E-state index is 0.285. The van der Waals surface area contributed by atoms with Crippen LogP contribution in [0, 0.1) is 10.9 Å². The summed E-state index contributed by atoms with van der Waals surface area (Å²) in [7, 11) is -3.46. The topological polar surface area (TPSA) is 59.6 Å². The Morgan fingerprint density at radius 3 is 2.46 bits per heavy atom. The zero-order valence-electron chi connectivity index (χ0n) is 13.1. The first kappa shape index (κ1) is 18.0. The van der Waals surface area contributed by atoms with E-state index < -0.39 is 10.0 Å². The van der Waals surface area contributed by atoms with Crippen LogP contribution >= 0.6 is 35.2 Å². The van der Waals surface area contributed by atoms with Crippen molar-refractivity contribution < 1.29 is 13.3 Å². The van der Waals surface area contributed by atoms with Crippen molar-refractivity contribution in [2.75, 3.05) is 26.2 Å². The van der Waals surface area contributed by atoms with Gasteiger partial charge in [0, 0.05) is 5.02 Å². The minimum atomic E-state index is -3.46. The Labute approximate surface area is 155 Å². The standard InChI is InChI=1S/C14H17ClN4O2S3/c1-11-16-19(14(22)23-11)10-17-6-8-18(9-7-17)24(20,21)13-4-2-12(15)3-5-13/h2-5H,6-10H2,1H3/p+1. The maximum absolute atomic E-state index is 12.7. The Bertz CT molecular complexity index is 868. The Kier molecular flexibility index (Phi) is 5.38. The summed E-state index contributed by atoms with van der Waals surface area (Å²) in [4.78, 5) is 1.56. The summed E-state index contributed by atoms with van der Waals surface area (Å²) in [6.45, 7) is 5.03. The van der Waals surface area contributed by atoms with Crippen LogP contribution in [0.3, 0.4) is 0 Å². The van der Waals surface area contributed by atoms with Gasteiger partial charge in [0.15, 0.2) is 10.6 Å². The Morgan fingerprint density at radius 2 is 1.92 bits per heavy atom. The lowest BCUT2D eigenvalue weighted by molar-refractivity contribution is -0.926. The molecule has 1 aliphatic heterocycles. The van der Waals surface area contributed by atoms with Crippen LogP contribution in [0.1, 0.15) is 5.01 Å². The normalized spacial score (nSPS) is 17.2. The predicted molar refractivity (Wildman–Crippen MR) is 96.6 cm³/mol. The molecule has 0 amide bonds. The maximum Gasteiger partial charge on any atom is 0.243 e. The third-order valence-corrected chi connectivity index (χ3v) is 7.35. The van der Waals surface area contributed by atoms with Gasteiger partial charge in [-0.3, -0.25) is 0 Å². The van der Waals surface area contributed by atoms with Crippen molar-refractivity contribution in [3.63, 3.8) is 0 Å². The molecular formula is C14H18ClN4O2S3+. The summed E-state index contributed by atoms with van der Waals surface area (Å²) in [6.07, 6.45) is 0. The van der Waals surface area contributed by atoms with Crippen molar-refractivity contribution in [1.29, 1.82) is 0 Å². The van der Waals surface area contributed by atoms with Gasteiger partial charge in [-0.1, -0.05) is 22.9 Å².